The van der Waals surface area contributed by atoms with E-state index < -0.39 is 11.8 Å². The lowest BCUT2D eigenvalue weighted by Crippen LogP contribution is -2.13. The van der Waals surface area contributed by atoms with Gasteiger partial charge in [-0.15, -0.1) is 0 Å². The molecule has 4 nitrogen and oxygen atoms in total. The number of carbonyl (C=O) groups excluding carboxylic acids is 1. The summed E-state index contributed by atoms with van der Waals surface area (Å²) in [4.78, 5) is 21.6. The first-order chi connectivity index (χ1) is 6.56. The van der Waals surface area contributed by atoms with Crippen molar-refractivity contribution in [3.05, 3.63) is 29.3 Å². The molecule has 1 rings (SSSR count). The molecule has 1 aromatic rings. The Morgan fingerprint density at radius 3 is 2.50 bits per heavy atom. The molecule has 0 fully saturated rings. The predicted molar refractivity (Wildman–Crippen MR) is 49.7 cm³/mol. The Bertz CT molecular complexity index is 382. The van der Waals surface area contributed by atoms with Gasteiger partial charge in [0.1, 0.15) is 5.75 Å². The maximum Gasteiger partial charge on any atom is 0.377 e. The predicted octanol–water partition coefficient (Wildman–Crippen LogP) is 1.27. The van der Waals surface area contributed by atoms with Gasteiger partial charge in [-0.25, -0.2) is 4.79 Å². The van der Waals surface area contributed by atoms with Crippen LogP contribution in [0.4, 0.5) is 0 Å². The molecule has 4 heteroatoms. The van der Waals surface area contributed by atoms with Gasteiger partial charge in [-0.1, -0.05) is 6.07 Å². The van der Waals surface area contributed by atoms with Crippen LogP contribution in [0, 0.1) is 6.92 Å². The second-order valence-electron chi connectivity index (χ2n) is 2.84. The van der Waals surface area contributed by atoms with Crippen LogP contribution in [-0.4, -0.2) is 24.0 Å². The zero-order chi connectivity index (χ0) is 10.7. The van der Waals surface area contributed by atoms with E-state index in [1.54, 1.807) is 12.1 Å². The lowest BCUT2D eigenvalue weighted by molar-refractivity contribution is -0.131. The number of rotatable bonds is 3. The van der Waals surface area contributed by atoms with Crippen LogP contribution in [-0.2, 0) is 4.79 Å². The van der Waals surface area contributed by atoms with Crippen LogP contribution in [0.3, 0.4) is 0 Å². The van der Waals surface area contributed by atoms with E-state index in [0.29, 0.717) is 0 Å². The van der Waals surface area contributed by atoms with Crippen LogP contribution < -0.4 is 4.74 Å². The number of aryl methyl sites for hydroxylation is 1. The van der Waals surface area contributed by atoms with Crippen LogP contribution in [0.5, 0.6) is 5.75 Å². The topological polar surface area (TPSA) is 63.6 Å². The summed E-state index contributed by atoms with van der Waals surface area (Å²) >= 11 is 0. The number of benzene rings is 1. The molecule has 0 aromatic heterocycles. The number of carboxylic acid groups (broad SMARTS) is 1. The molecule has 14 heavy (non-hydrogen) atoms. The molecule has 0 radical (unpaired) electrons. The zero-order valence-electron chi connectivity index (χ0n) is 7.90. The van der Waals surface area contributed by atoms with Crippen molar-refractivity contribution in [2.24, 2.45) is 0 Å². The van der Waals surface area contributed by atoms with Gasteiger partial charge >= 0.3 is 5.97 Å². The first kappa shape index (κ1) is 10.2. The van der Waals surface area contributed by atoms with Gasteiger partial charge in [-0.05, 0) is 24.6 Å². The summed E-state index contributed by atoms with van der Waals surface area (Å²) in [5.74, 6) is -2.15. The summed E-state index contributed by atoms with van der Waals surface area (Å²) in [7, 11) is 1.40. The van der Waals surface area contributed by atoms with Crippen molar-refractivity contribution in [3.63, 3.8) is 0 Å². The van der Waals surface area contributed by atoms with Crippen molar-refractivity contribution in [2.45, 2.75) is 6.92 Å². The lowest BCUT2D eigenvalue weighted by Gasteiger charge is -2.05. The van der Waals surface area contributed by atoms with Gasteiger partial charge < -0.3 is 9.84 Å². The van der Waals surface area contributed by atoms with Crippen molar-refractivity contribution >= 4 is 11.8 Å². The second kappa shape index (κ2) is 3.91. The molecule has 0 bridgehead atoms. The molecule has 0 atom stereocenters. The van der Waals surface area contributed by atoms with E-state index in [4.69, 9.17) is 9.84 Å². The van der Waals surface area contributed by atoms with Gasteiger partial charge in [-0.2, -0.15) is 0 Å². The Kier molecular flexibility index (Phi) is 2.86. The highest BCUT2D eigenvalue weighted by molar-refractivity contribution is 6.40. The molecule has 1 N–H and O–H groups in total. The maximum absolute atomic E-state index is 11.2. The second-order valence-corrected chi connectivity index (χ2v) is 2.84. The van der Waals surface area contributed by atoms with Crippen LogP contribution in [0.15, 0.2) is 18.2 Å². The summed E-state index contributed by atoms with van der Waals surface area (Å²) in [6.07, 6.45) is 0. The average molecular weight is 194 g/mol. The summed E-state index contributed by atoms with van der Waals surface area (Å²) in [5, 5.41) is 8.52. The van der Waals surface area contributed by atoms with Gasteiger partial charge in [0.25, 0.3) is 5.78 Å². The lowest BCUT2D eigenvalue weighted by atomic mass is 10.1. The van der Waals surface area contributed by atoms with E-state index in [2.05, 4.69) is 0 Å². The monoisotopic (exact) mass is 194 g/mol. The molecule has 0 heterocycles. The Morgan fingerprint density at radius 2 is 2.00 bits per heavy atom. The Labute approximate surface area is 81.1 Å². The number of carbonyl (C=O) groups is 2. The molecule has 0 unspecified atom stereocenters. The number of ketones is 1. The van der Waals surface area contributed by atoms with E-state index in [1.165, 1.54) is 13.2 Å². The largest absolute Gasteiger partial charge is 0.496 e. The number of Topliss-reactive ketones (excluding diaryl/α,β-unsaturated/α-hetero) is 1. The van der Waals surface area contributed by atoms with E-state index in [1.807, 2.05) is 6.92 Å². The minimum atomic E-state index is -1.48. The van der Waals surface area contributed by atoms with Crippen LogP contribution >= 0.6 is 0 Å². The Hall–Kier alpha value is -1.84. The minimum absolute atomic E-state index is 0.0746. The van der Waals surface area contributed by atoms with Gasteiger partial charge in [0.05, 0.1) is 12.7 Å². The highest BCUT2D eigenvalue weighted by Gasteiger charge is 2.18. The fourth-order valence-corrected chi connectivity index (χ4v) is 1.10. The molecular formula is C10H10O4. The third-order valence-corrected chi connectivity index (χ3v) is 1.80. The van der Waals surface area contributed by atoms with Crippen molar-refractivity contribution in [3.8, 4) is 5.75 Å². The van der Waals surface area contributed by atoms with Crippen LogP contribution in [0.2, 0.25) is 0 Å². The van der Waals surface area contributed by atoms with Crippen molar-refractivity contribution < 1.29 is 19.4 Å². The molecule has 0 aliphatic rings. The summed E-state index contributed by atoms with van der Waals surface area (Å²) in [6.45, 7) is 1.83. The smallest absolute Gasteiger partial charge is 0.377 e. The molecule has 0 saturated heterocycles. The molecule has 0 aliphatic carbocycles. The minimum Gasteiger partial charge on any atom is -0.496 e. The number of hydrogen-bond donors (Lipinski definition) is 1. The van der Waals surface area contributed by atoms with E-state index in [-0.39, 0.29) is 11.3 Å². The fourth-order valence-electron chi connectivity index (χ4n) is 1.10. The van der Waals surface area contributed by atoms with E-state index >= 15 is 0 Å². The van der Waals surface area contributed by atoms with Crippen LogP contribution in [0.1, 0.15) is 15.9 Å². The number of carboxylic acids is 1. The summed E-state index contributed by atoms with van der Waals surface area (Å²) in [6, 6.07) is 4.74. The highest BCUT2D eigenvalue weighted by Crippen LogP contribution is 2.20. The molecule has 0 saturated carbocycles. The average Bonchev–Trinajstić information content (AvgIpc) is 2.16. The number of hydrogen-bond acceptors (Lipinski definition) is 3. The van der Waals surface area contributed by atoms with Crippen molar-refractivity contribution in [1.82, 2.24) is 0 Å². The highest BCUT2D eigenvalue weighted by atomic mass is 16.5. The molecule has 0 aliphatic heterocycles. The normalized spacial score (nSPS) is 9.57. The Morgan fingerprint density at radius 1 is 1.36 bits per heavy atom. The quantitative estimate of drug-likeness (QED) is 0.581. The van der Waals surface area contributed by atoms with Crippen molar-refractivity contribution in [1.29, 1.82) is 0 Å². The first-order valence-electron chi connectivity index (χ1n) is 3.98. The third-order valence-electron chi connectivity index (χ3n) is 1.80. The number of ether oxygens (including phenoxy) is 1. The standard InChI is InChI=1S/C10H10O4/c1-6-3-4-7(8(5-6)14-2)9(11)10(12)13/h3-5H,1-2H3,(H,12,13). The zero-order valence-corrected chi connectivity index (χ0v) is 7.90. The maximum atomic E-state index is 11.2. The van der Waals surface area contributed by atoms with Gasteiger partial charge in [0.15, 0.2) is 0 Å². The van der Waals surface area contributed by atoms with E-state index in [0.717, 1.165) is 5.56 Å². The number of aliphatic carboxylic acids is 1. The number of methoxy groups -OCH3 is 1. The van der Waals surface area contributed by atoms with Gasteiger partial charge in [0.2, 0.25) is 0 Å². The molecule has 74 valence electrons. The Balaban J connectivity index is 3.20. The molecule has 1 aromatic carbocycles. The van der Waals surface area contributed by atoms with Crippen molar-refractivity contribution in [2.75, 3.05) is 7.11 Å². The van der Waals surface area contributed by atoms with Gasteiger partial charge in [0, 0.05) is 0 Å². The van der Waals surface area contributed by atoms with Crippen LogP contribution in [0.25, 0.3) is 0 Å². The fraction of sp³-hybridized carbons (Fsp3) is 0.200. The molecule has 0 amide bonds. The summed E-state index contributed by atoms with van der Waals surface area (Å²) < 4.78 is 4.91. The molecule has 0 spiro atoms. The van der Waals surface area contributed by atoms with Gasteiger partial charge in [-0.3, -0.25) is 4.79 Å². The first-order valence-corrected chi connectivity index (χ1v) is 3.98. The molecular weight excluding hydrogens is 184 g/mol. The van der Waals surface area contributed by atoms with E-state index in [9.17, 15) is 9.59 Å². The summed E-state index contributed by atoms with van der Waals surface area (Å²) in [5.41, 5.74) is 0.981. The SMILES string of the molecule is COc1cc(C)ccc1C(=O)C(=O)O. The third kappa shape index (κ3) is 1.90.